The topological polar surface area (TPSA) is 53.2 Å². The number of carbonyl (C=O) groups is 1. The molecule has 1 amide bonds. The molecular weight excluding hydrogens is 310 g/mol. The summed E-state index contributed by atoms with van der Waals surface area (Å²) < 4.78 is 0. The van der Waals surface area contributed by atoms with Crippen molar-refractivity contribution in [3.05, 3.63) is 64.7 Å². The Morgan fingerprint density at radius 3 is 2.70 bits per heavy atom. The summed E-state index contributed by atoms with van der Waals surface area (Å²) in [4.78, 5) is 12.4. The highest BCUT2D eigenvalue weighted by Crippen LogP contribution is 2.25. The Kier molecular flexibility index (Phi) is 4.96. The quantitative estimate of drug-likeness (QED) is 0.805. The minimum atomic E-state index is -0.273. The molecule has 5 heteroatoms. The third-order valence-electron chi connectivity index (χ3n) is 4.10. The lowest BCUT2D eigenvalue weighted by molar-refractivity contribution is -0.117. The van der Waals surface area contributed by atoms with Crippen molar-refractivity contribution >= 4 is 23.2 Å². The molecule has 3 N–H and O–H groups in total. The average Bonchev–Trinajstić information content (AvgIpc) is 3.06. The maximum Gasteiger partial charge on any atom is 0.242 e. The smallest absolute Gasteiger partial charge is 0.242 e. The van der Waals surface area contributed by atoms with Gasteiger partial charge < -0.3 is 5.32 Å². The van der Waals surface area contributed by atoms with Crippen LogP contribution < -0.4 is 16.2 Å². The first kappa shape index (κ1) is 16.0. The van der Waals surface area contributed by atoms with Crippen LogP contribution >= 0.6 is 11.6 Å². The van der Waals surface area contributed by atoms with Crippen LogP contribution in [0.2, 0.25) is 5.02 Å². The zero-order valence-electron chi connectivity index (χ0n) is 13.0. The average molecular weight is 330 g/mol. The number of halogens is 1. The summed E-state index contributed by atoms with van der Waals surface area (Å²) in [6.07, 6.45) is 1.67. The molecule has 1 aliphatic heterocycles. The van der Waals surface area contributed by atoms with E-state index in [9.17, 15) is 4.79 Å². The molecule has 2 atom stereocenters. The summed E-state index contributed by atoms with van der Waals surface area (Å²) in [5.41, 5.74) is 9.38. The van der Waals surface area contributed by atoms with Crippen molar-refractivity contribution in [1.82, 2.24) is 10.9 Å². The van der Waals surface area contributed by atoms with Crippen molar-refractivity contribution in [2.24, 2.45) is 0 Å². The van der Waals surface area contributed by atoms with E-state index in [-0.39, 0.29) is 18.0 Å². The number of benzene rings is 2. The first-order valence-corrected chi connectivity index (χ1v) is 8.20. The fourth-order valence-electron chi connectivity index (χ4n) is 2.72. The van der Waals surface area contributed by atoms with Crippen molar-refractivity contribution in [2.75, 3.05) is 5.32 Å². The predicted octanol–water partition coefficient (Wildman–Crippen LogP) is 3.45. The van der Waals surface area contributed by atoms with Crippen LogP contribution in [0.15, 0.2) is 48.5 Å². The SMILES string of the molecule is CCc1ccc(NC(=O)C2CC(c3cccc(Cl)c3)NN2)cc1. The first-order valence-electron chi connectivity index (χ1n) is 7.82. The predicted molar refractivity (Wildman–Crippen MR) is 93.3 cm³/mol. The van der Waals surface area contributed by atoms with Crippen molar-refractivity contribution in [2.45, 2.75) is 31.8 Å². The molecule has 2 aromatic rings. The summed E-state index contributed by atoms with van der Waals surface area (Å²) >= 11 is 6.03. The number of nitrogens with one attached hydrogen (secondary N) is 3. The van der Waals surface area contributed by atoms with Gasteiger partial charge in [-0.2, -0.15) is 0 Å². The van der Waals surface area contributed by atoms with E-state index in [0.717, 1.165) is 17.7 Å². The zero-order chi connectivity index (χ0) is 16.2. The van der Waals surface area contributed by atoms with Crippen LogP contribution in [0.1, 0.15) is 30.5 Å². The van der Waals surface area contributed by atoms with E-state index in [1.807, 2.05) is 48.5 Å². The maximum absolute atomic E-state index is 12.4. The van der Waals surface area contributed by atoms with Gasteiger partial charge in [-0.1, -0.05) is 42.8 Å². The highest BCUT2D eigenvalue weighted by Gasteiger charge is 2.30. The second-order valence-corrected chi connectivity index (χ2v) is 6.16. The van der Waals surface area contributed by atoms with E-state index in [4.69, 9.17) is 11.6 Å². The lowest BCUT2D eigenvalue weighted by atomic mass is 10.0. The standard InChI is InChI=1S/C18H20ClN3O/c1-2-12-6-8-15(9-7-12)20-18(23)17-11-16(21-22-17)13-4-3-5-14(19)10-13/h3-10,16-17,21-22H,2,11H2,1H3,(H,20,23). The Morgan fingerprint density at radius 1 is 1.22 bits per heavy atom. The zero-order valence-corrected chi connectivity index (χ0v) is 13.7. The van der Waals surface area contributed by atoms with Crippen LogP contribution in [0, 0.1) is 0 Å². The highest BCUT2D eigenvalue weighted by atomic mass is 35.5. The van der Waals surface area contributed by atoms with Gasteiger partial charge in [0.2, 0.25) is 5.91 Å². The minimum Gasteiger partial charge on any atom is -0.325 e. The maximum atomic E-state index is 12.4. The third kappa shape index (κ3) is 3.91. The van der Waals surface area contributed by atoms with Gasteiger partial charge in [0.05, 0.1) is 0 Å². The second-order valence-electron chi connectivity index (χ2n) is 5.72. The largest absolute Gasteiger partial charge is 0.325 e. The minimum absolute atomic E-state index is 0.0359. The molecule has 4 nitrogen and oxygen atoms in total. The van der Waals surface area contributed by atoms with Gasteiger partial charge in [-0.3, -0.25) is 4.79 Å². The molecule has 2 aromatic carbocycles. The van der Waals surface area contributed by atoms with Gasteiger partial charge in [-0.05, 0) is 48.2 Å². The van der Waals surface area contributed by atoms with E-state index < -0.39 is 0 Å². The molecule has 0 saturated carbocycles. The number of anilines is 1. The van der Waals surface area contributed by atoms with E-state index in [1.54, 1.807) is 0 Å². The Bertz CT molecular complexity index is 687. The number of hydrazine groups is 1. The number of hydrogen-bond acceptors (Lipinski definition) is 3. The monoisotopic (exact) mass is 329 g/mol. The van der Waals surface area contributed by atoms with Crippen LogP contribution in [-0.2, 0) is 11.2 Å². The lowest BCUT2D eigenvalue weighted by Crippen LogP contribution is -2.39. The molecule has 2 unspecified atom stereocenters. The fraction of sp³-hybridized carbons (Fsp3) is 0.278. The Hall–Kier alpha value is -1.88. The first-order chi connectivity index (χ1) is 11.2. The summed E-state index contributed by atoms with van der Waals surface area (Å²) in [5.74, 6) is -0.0359. The number of carbonyl (C=O) groups excluding carboxylic acids is 1. The molecular formula is C18H20ClN3O. The van der Waals surface area contributed by atoms with Crippen LogP contribution in [0.25, 0.3) is 0 Å². The van der Waals surface area contributed by atoms with Crippen LogP contribution in [0.5, 0.6) is 0 Å². The van der Waals surface area contributed by atoms with Crippen LogP contribution in [0.4, 0.5) is 5.69 Å². The van der Waals surface area contributed by atoms with Gasteiger partial charge in [0.15, 0.2) is 0 Å². The molecule has 0 radical (unpaired) electrons. The molecule has 0 spiro atoms. The number of amides is 1. The van der Waals surface area contributed by atoms with Crippen LogP contribution in [-0.4, -0.2) is 11.9 Å². The number of aryl methyl sites for hydroxylation is 1. The molecule has 120 valence electrons. The molecule has 23 heavy (non-hydrogen) atoms. The Balaban J connectivity index is 1.60. The van der Waals surface area contributed by atoms with Gasteiger partial charge >= 0.3 is 0 Å². The van der Waals surface area contributed by atoms with Crippen molar-refractivity contribution in [3.63, 3.8) is 0 Å². The normalized spacial score (nSPS) is 20.4. The van der Waals surface area contributed by atoms with Gasteiger partial charge in [0, 0.05) is 16.8 Å². The lowest BCUT2D eigenvalue weighted by Gasteiger charge is -2.11. The van der Waals surface area contributed by atoms with E-state index in [2.05, 4.69) is 23.1 Å². The van der Waals surface area contributed by atoms with Crippen molar-refractivity contribution in [3.8, 4) is 0 Å². The Morgan fingerprint density at radius 2 is 2.00 bits per heavy atom. The number of rotatable bonds is 4. The van der Waals surface area contributed by atoms with Gasteiger partial charge in [0.1, 0.15) is 6.04 Å². The Labute approximate surface area is 141 Å². The molecule has 1 heterocycles. The number of hydrogen-bond donors (Lipinski definition) is 3. The summed E-state index contributed by atoms with van der Waals surface area (Å²) in [6.45, 7) is 2.11. The van der Waals surface area contributed by atoms with E-state index >= 15 is 0 Å². The molecule has 1 fully saturated rings. The van der Waals surface area contributed by atoms with Crippen molar-refractivity contribution in [1.29, 1.82) is 0 Å². The molecule has 1 saturated heterocycles. The summed E-state index contributed by atoms with van der Waals surface area (Å²) in [7, 11) is 0. The summed E-state index contributed by atoms with van der Waals surface area (Å²) in [6, 6.07) is 15.4. The van der Waals surface area contributed by atoms with Gasteiger partial charge in [-0.15, -0.1) is 0 Å². The summed E-state index contributed by atoms with van der Waals surface area (Å²) in [5, 5.41) is 3.65. The third-order valence-corrected chi connectivity index (χ3v) is 4.34. The van der Waals surface area contributed by atoms with Crippen LogP contribution in [0.3, 0.4) is 0 Å². The molecule has 0 aliphatic carbocycles. The van der Waals surface area contributed by atoms with Crippen molar-refractivity contribution < 1.29 is 4.79 Å². The van der Waals surface area contributed by atoms with Gasteiger partial charge in [-0.25, -0.2) is 10.9 Å². The van der Waals surface area contributed by atoms with E-state index in [1.165, 1.54) is 5.56 Å². The molecule has 1 aliphatic rings. The molecule has 0 bridgehead atoms. The van der Waals surface area contributed by atoms with Gasteiger partial charge in [0.25, 0.3) is 0 Å². The van der Waals surface area contributed by atoms with E-state index in [0.29, 0.717) is 11.4 Å². The second kappa shape index (κ2) is 7.13. The molecule has 3 rings (SSSR count). The fourth-order valence-corrected chi connectivity index (χ4v) is 2.92. The molecule has 0 aromatic heterocycles. The highest BCUT2D eigenvalue weighted by molar-refractivity contribution is 6.30.